The molecule has 1 saturated heterocycles. The van der Waals surface area contributed by atoms with Crippen LogP contribution in [0.1, 0.15) is 13.8 Å². The smallest absolute Gasteiger partial charge is 0.431 e. The number of hydrogen-bond donors (Lipinski definition) is 0. The molecule has 0 amide bonds. The van der Waals surface area contributed by atoms with Crippen LogP contribution in [0, 0.1) is 0 Å². The molecule has 0 aromatic carbocycles. The molecule has 0 N–H and O–H groups in total. The summed E-state index contributed by atoms with van der Waals surface area (Å²) in [7, 11) is -8.15. The van der Waals surface area contributed by atoms with Gasteiger partial charge in [0.05, 0.1) is 27.4 Å². The van der Waals surface area contributed by atoms with Crippen molar-refractivity contribution in [3.05, 3.63) is 0 Å². The minimum Gasteiger partial charge on any atom is -0.431 e. The summed E-state index contributed by atoms with van der Waals surface area (Å²) < 4.78 is 84.7. The molecule has 0 unspecified atom stereocenters. The zero-order chi connectivity index (χ0) is 22.2. The predicted octanol–water partition coefficient (Wildman–Crippen LogP) is 2.12. The Morgan fingerprint density at radius 3 is 1.25 bits per heavy atom. The van der Waals surface area contributed by atoms with Crippen molar-refractivity contribution < 1.29 is 86.8 Å². The van der Waals surface area contributed by atoms with E-state index in [1.807, 2.05) is 0 Å². The maximum atomic E-state index is 10.2. The SMILES string of the molecule is CCOC(=O)OCC.COC(=O)OC.F[P-](F)(F)(F)(F)F.O=C1OCCO1.[Li+]. The fourth-order valence-corrected chi connectivity index (χ4v) is 0.652. The van der Waals surface area contributed by atoms with Crippen LogP contribution < -0.4 is 18.9 Å². The molecule has 0 radical (unpaired) electrons. The summed E-state index contributed by atoms with van der Waals surface area (Å²) in [6.45, 7) is 5.04. The van der Waals surface area contributed by atoms with Crippen LogP contribution in [0.4, 0.5) is 39.6 Å². The first-order valence-electron chi connectivity index (χ1n) is 6.74. The van der Waals surface area contributed by atoms with Crippen molar-refractivity contribution in [2.75, 3.05) is 40.6 Å². The summed E-state index contributed by atoms with van der Waals surface area (Å²) in [5, 5.41) is 0. The topological polar surface area (TPSA) is 107 Å². The van der Waals surface area contributed by atoms with Crippen LogP contribution in [0.5, 0.6) is 0 Å². The average molecular weight is 448 g/mol. The fourth-order valence-electron chi connectivity index (χ4n) is 0.652. The molecule has 0 bridgehead atoms. The van der Waals surface area contributed by atoms with Gasteiger partial charge in [-0.05, 0) is 13.8 Å². The van der Waals surface area contributed by atoms with Gasteiger partial charge in [-0.3, -0.25) is 0 Å². The van der Waals surface area contributed by atoms with E-state index in [0.29, 0.717) is 26.4 Å². The maximum Gasteiger partial charge on any atom is 1.00 e. The van der Waals surface area contributed by atoms with Crippen LogP contribution >= 0.6 is 7.81 Å². The van der Waals surface area contributed by atoms with Gasteiger partial charge in [0.1, 0.15) is 13.2 Å². The average Bonchev–Trinajstić information content (AvgIpc) is 2.96. The summed E-state index contributed by atoms with van der Waals surface area (Å²) in [4.78, 5) is 29.7. The molecular weight excluding hydrogens is 428 g/mol. The molecule has 28 heavy (non-hydrogen) atoms. The monoisotopic (exact) mass is 448 g/mol. The number of carbonyl (C=O) groups excluding carboxylic acids is 3. The molecule has 9 nitrogen and oxygen atoms in total. The second kappa shape index (κ2) is 14.4. The largest absolute Gasteiger partial charge is 1.00 e. The van der Waals surface area contributed by atoms with Crippen molar-refractivity contribution in [1.82, 2.24) is 0 Å². The Morgan fingerprint density at radius 1 is 0.857 bits per heavy atom. The third kappa shape index (κ3) is 56.3. The number of ether oxygens (including phenoxy) is 6. The van der Waals surface area contributed by atoms with E-state index in [0.717, 1.165) is 0 Å². The van der Waals surface area contributed by atoms with Crippen LogP contribution in [-0.2, 0) is 28.4 Å². The van der Waals surface area contributed by atoms with Crippen LogP contribution in [0.15, 0.2) is 0 Å². The quantitative estimate of drug-likeness (QED) is 0.207. The van der Waals surface area contributed by atoms with E-state index in [1.54, 1.807) is 13.8 Å². The molecule has 0 saturated carbocycles. The fraction of sp³-hybridized carbons (Fsp3) is 0.727. The molecule has 1 heterocycles. The second-order valence-corrected chi connectivity index (χ2v) is 5.60. The summed E-state index contributed by atoms with van der Waals surface area (Å²) in [5.74, 6) is 0. The molecule has 17 heteroatoms. The van der Waals surface area contributed by atoms with Gasteiger partial charge in [-0.15, -0.1) is 0 Å². The Kier molecular flexibility index (Phi) is 17.5. The predicted molar refractivity (Wildman–Crippen MR) is 78.9 cm³/mol. The normalized spacial score (nSPS) is 13.9. The number of rotatable bonds is 2. The Hall–Kier alpha value is -1.58. The zero-order valence-electron chi connectivity index (χ0n) is 15.7. The van der Waals surface area contributed by atoms with Gasteiger partial charge < -0.3 is 28.4 Å². The molecule has 0 aliphatic carbocycles. The summed E-state index contributed by atoms with van der Waals surface area (Å²) >= 11 is 0. The van der Waals surface area contributed by atoms with E-state index in [-0.39, 0.29) is 18.9 Å². The van der Waals surface area contributed by atoms with Gasteiger partial charge in [-0.2, -0.15) is 0 Å². The number of carbonyl (C=O) groups is 3. The van der Waals surface area contributed by atoms with Gasteiger partial charge in [0, 0.05) is 0 Å². The zero-order valence-corrected chi connectivity index (χ0v) is 16.6. The van der Waals surface area contributed by atoms with Crippen molar-refractivity contribution in [3.63, 3.8) is 0 Å². The summed E-state index contributed by atoms with van der Waals surface area (Å²) in [6.07, 6.45) is -1.79. The molecule has 1 fully saturated rings. The van der Waals surface area contributed by atoms with Gasteiger partial charge in [-0.25, -0.2) is 14.4 Å². The van der Waals surface area contributed by atoms with Gasteiger partial charge in [-0.1, -0.05) is 0 Å². The summed E-state index contributed by atoms with van der Waals surface area (Å²) in [6, 6.07) is 0. The third-order valence-corrected chi connectivity index (χ3v) is 1.38. The first-order chi connectivity index (χ1) is 12.0. The second-order valence-electron chi connectivity index (χ2n) is 3.68. The Labute approximate surface area is 168 Å². The van der Waals surface area contributed by atoms with Crippen LogP contribution in [0.25, 0.3) is 0 Å². The first-order valence-corrected chi connectivity index (χ1v) is 8.77. The van der Waals surface area contributed by atoms with Crippen molar-refractivity contribution in [1.29, 1.82) is 0 Å². The molecular formula is C11H20F6LiO9P. The standard InChI is InChI=1S/C5H10O3.C3H4O3.C3H6O3.F6P.Li/c1-3-7-5(6)8-4-2;4-3-5-1-2-6-3;1-5-3(4)6-2;1-7(2,3,4,5)6;/h3-4H2,1-2H3;1-2H2;1-2H3;;/q;;;-1;+1. The number of halogens is 6. The van der Waals surface area contributed by atoms with E-state index in [9.17, 15) is 39.6 Å². The van der Waals surface area contributed by atoms with E-state index in [2.05, 4.69) is 28.4 Å². The molecule has 1 aliphatic rings. The van der Waals surface area contributed by atoms with Crippen molar-refractivity contribution in [2.24, 2.45) is 0 Å². The van der Waals surface area contributed by atoms with E-state index in [1.165, 1.54) is 14.2 Å². The molecule has 1 aliphatic heterocycles. The Balaban J connectivity index is -0.000000136. The number of hydrogen-bond acceptors (Lipinski definition) is 9. The molecule has 1 rings (SSSR count). The molecule has 0 spiro atoms. The molecule has 0 aromatic rings. The molecule has 166 valence electrons. The maximum absolute atomic E-state index is 10.7. The van der Waals surface area contributed by atoms with Crippen LogP contribution in [-0.4, -0.2) is 59.1 Å². The van der Waals surface area contributed by atoms with Crippen molar-refractivity contribution in [2.45, 2.75) is 13.8 Å². The molecule has 0 atom stereocenters. The first kappa shape index (κ1) is 34.0. The number of cyclic esters (lactones) is 2. The van der Waals surface area contributed by atoms with Gasteiger partial charge in [0.15, 0.2) is 0 Å². The van der Waals surface area contributed by atoms with Crippen molar-refractivity contribution >= 4 is 26.3 Å². The third-order valence-electron chi connectivity index (χ3n) is 1.38. The van der Waals surface area contributed by atoms with Gasteiger partial charge >= 0.3 is 70.3 Å². The van der Waals surface area contributed by atoms with E-state index in [4.69, 9.17) is 0 Å². The van der Waals surface area contributed by atoms with Crippen LogP contribution in [0.3, 0.4) is 0 Å². The van der Waals surface area contributed by atoms with Gasteiger partial charge in [0.25, 0.3) is 0 Å². The Morgan fingerprint density at radius 2 is 1.14 bits per heavy atom. The Bertz CT molecular complexity index is 425. The van der Waals surface area contributed by atoms with Gasteiger partial charge in [0.2, 0.25) is 0 Å². The number of methoxy groups -OCH3 is 2. The summed E-state index contributed by atoms with van der Waals surface area (Å²) in [5.41, 5.74) is 0. The van der Waals surface area contributed by atoms with E-state index >= 15 is 0 Å². The minimum absolute atomic E-state index is 0. The van der Waals surface area contributed by atoms with E-state index < -0.39 is 26.3 Å². The minimum atomic E-state index is -10.7. The molecule has 0 aromatic heterocycles. The van der Waals surface area contributed by atoms with Crippen molar-refractivity contribution in [3.8, 4) is 0 Å². The van der Waals surface area contributed by atoms with Crippen LogP contribution in [0.2, 0.25) is 0 Å².